The second-order valence-electron chi connectivity index (χ2n) is 4.07. The molecule has 2 nitrogen and oxygen atoms in total. The molecule has 2 rings (SSSR count). The third kappa shape index (κ3) is 3.49. The number of rotatable bonds is 4. The van der Waals surface area contributed by atoms with Gasteiger partial charge in [-0.1, -0.05) is 53.5 Å². The fourth-order valence-corrected chi connectivity index (χ4v) is 2.10. The number of halogens is 2. The number of Topliss-reactive ketones (excluding diaryl/α,β-unsaturated/α-hetero) is 1. The van der Waals surface area contributed by atoms with E-state index in [0.29, 0.717) is 21.4 Å². The zero-order valence-corrected chi connectivity index (χ0v) is 11.8. The molecule has 1 atom stereocenters. The molecule has 19 heavy (non-hydrogen) atoms. The largest absolute Gasteiger partial charge is 0.481 e. The fraction of sp³-hybridized carbons (Fsp3) is 0.133. The van der Waals surface area contributed by atoms with E-state index in [-0.39, 0.29) is 5.78 Å². The predicted octanol–water partition coefficient (Wildman–Crippen LogP) is 4.64. The second-order valence-corrected chi connectivity index (χ2v) is 4.91. The number of ether oxygens (including phenoxy) is 1. The second kappa shape index (κ2) is 6.09. The monoisotopic (exact) mass is 294 g/mol. The molecule has 0 radical (unpaired) electrons. The number of ketones is 1. The summed E-state index contributed by atoms with van der Waals surface area (Å²) in [6, 6.07) is 13.9. The molecule has 2 aromatic carbocycles. The topological polar surface area (TPSA) is 26.3 Å². The number of carbonyl (C=O) groups excluding carboxylic acids is 1. The van der Waals surface area contributed by atoms with Crippen LogP contribution < -0.4 is 4.74 Å². The molecule has 4 heteroatoms. The van der Waals surface area contributed by atoms with E-state index in [1.807, 2.05) is 18.2 Å². The Hall–Kier alpha value is -1.51. The highest BCUT2D eigenvalue weighted by molar-refractivity contribution is 6.35. The Morgan fingerprint density at radius 2 is 1.79 bits per heavy atom. The van der Waals surface area contributed by atoms with Crippen LogP contribution in [0.15, 0.2) is 48.5 Å². The Labute approximate surface area is 121 Å². The van der Waals surface area contributed by atoms with E-state index in [2.05, 4.69) is 0 Å². The van der Waals surface area contributed by atoms with Crippen molar-refractivity contribution in [2.75, 3.05) is 0 Å². The summed E-state index contributed by atoms with van der Waals surface area (Å²) >= 11 is 11.8. The summed E-state index contributed by atoms with van der Waals surface area (Å²) < 4.78 is 5.58. The van der Waals surface area contributed by atoms with Gasteiger partial charge in [0.15, 0.2) is 6.10 Å². The first-order valence-electron chi connectivity index (χ1n) is 5.79. The highest BCUT2D eigenvalue weighted by Gasteiger charge is 2.17. The quantitative estimate of drug-likeness (QED) is 0.768. The molecule has 0 aliphatic rings. The van der Waals surface area contributed by atoms with Crippen molar-refractivity contribution in [3.05, 3.63) is 64.1 Å². The van der Waals surface area contributed by atoms with Gasteiger partial charge in [0.25, 0.3) is 0 Å². The summed E-state index contributed by atoms with van der Waals surface area (Å²) in [6.45, 7) is 1.69. The number of benzene rings is 2. The third-order valence-electron chi connectivity index (χ3n) is 2.63. The smallest absolute Gasteiger partial charge is 0.202 e. The lowest BCUT2D eigenvalue weighted by Gasteiger charge is -2.14. The van der Waals surface area contributed by atoms with Crippen molar-refractivity contribution >= 4 is 29.0 Å². The molecular formula is C15H12Cl2O2. The van der Waals surface area contributed by atoms with Gasteiger partial charge in [0, 0.05) is 10.6 Å². The first-order valence-corrected chi connectivity index (χ1v) is 6.54. The molecule has 0 amide bonds. The van der Waals surface area contributed by atoms with Crippen molar-refractivity contribution in [1.82, 2.24) is 0 Å². The molecule has 0 saturated heterocycles. The molecule has 0 spiro atoms. The van der Waals surface area contributed by atoms with Gasteiger partial charge in [0.2, 0.25) is 5.78 Å². The Kier molecular flexibility index (Phi) is 4.46. The molecule has 0 heterocycles. The molecule has 0 unspecified atom stereocenters. The first kappa shape index (κ1) is 13.9. The Morgan fingerprint density at radius 3 is 2.42 bits per heavy atom. The highest BCUT2D eigenvalue weighted by atomic mass is 35.5. The molecular weight excluding hydrogens is 283 g/mol. The van der Waals surface area contributed by atoms with E-state index in [4.69, 9.17) is 27.9 Å². The van der Waals surface area contributed by atoms with Crippen LogP contribution in [-0.4, -0.2) is 11.9 Å². The summed E-state index contributed by atoms with van der Waals surface area (Å²) in [5.41, 5.74) is 0.611. The number of hydrogen-bond acceptors (Lipinski definition) is 2. The van der Waals surface area contributed by atoms with Gasteiger partial charge >= 0.3 is 0 Å². The van der Waals surface area contributed by atoms with Gasteiger partial charge < -0.3 is 4.74 Å². The minimum atomic E-state index is -0.610. The lowest BCUT2D eigenvalue weighted by Crippen LogP contribution is -2.23. The van der Waals surface area contributed by atoms with E-state index >= 15 is 0 Å². The molecule has 0 N–H and O–H groups in total. The van der Waals surface area contributed by atoms with E-state index in [1.54, 1.807) is 37.3 Å². The van der Waals surface area contributed by atoms with E-state index in [0.717, 1.165) is 0 Å². The Morgan fingerprint density at radius 1 is 1.11 bits per heavy atom. The molecule has 0 bridgehead atoms. The standard InChI is InChI=1S/C15H12Cl2O2/c1-10(15(18)11-5-3-2-4-6-11)19-14-8-7-12(16)9-13(14)17/h2-10H,1H3/t10-/m0/s1. The van der Waals surface area contributed by atoms with Crippen LogP contribution in [0.3, 0.4) is 0 Å². The molecule has 0 fully saturated rings. The van der Waals surface area contributed by atoms with Crippen molar-refractivity contribution in [3.8, 4) is 5.75 Å². The van der Waals surface area contributed by atoms with E-state index < -0.39 is 6.10 Å². The Bertz CT molecular complexity index is 582. The zero-order valence-electron chi connectivity index (χ0n) is 10.3. The van der Waals surface area contributed by atoms with Gasteiger partial charge in [0.1, 0.15) is 5.75 Å². The third-order valence-corrected chi connectivity index (χ3v) is 3.16. The first-order chi connectivity index (χ1) is 9.08. The van der Waals surface area contributed by atoms with Crippen LogP contribution in [-0.2, 0) is 0 Å². The molecule has 0 aliphatic heterocycles. The number of hydrogen-bond donors (Lipinski definition) is 0. The maximum Gasteiger partial charge on any atom is 0.202 e. The fourth-order valence-electron chi connectivity index (χ4n) is 1.65. The maximum atomic E-state index is 12.1. The molecule has 98 valence electrons. The van der Waals surface area contributed by atoms with Gasteiger partial charge in [-0.3, -0.25) is 4.79 Å². The summed E-state index contributed by atoms with van der Waals surface area (Å²) in [5, 5.41) is 0.916. The summed E-state index contributed by atoms with van der Waals surface area (Å²) in [7, 11) is 0. The van der Waals surface area contributed by atoms with Crippen LogP contribution in [0.5, 0.6) is 5.75 Å². The minimum absolute atomic E-state index is 0.0911. The van der Waals surface area contributed by atoms with Crippen LogP contribution in [0.1, 0.15) is 17.3 Å². The average Bonchev–Trinajstić information content (AvgIpc) is 2.42. The van der Waals surface area contributed by atoms with E-state index in [1.165, 1.54) is 0 Å². The van der Waals surface area contributed by atoms with Gasteiger partial charge in [-0.2, -0.15) is 0 Å². The van der Waals surface area contributed by atoms with Gasteiger partial charge in [-0.25, -0.2) is 0 Å². The Balaban J connectivity index is 2.13. The molecule has 0 aromatic heterocycles. The molecule has 0 saturated carbocycles. The average molecular weight is 295 g/mol. The van der Waals surface area contributed by atoms with Gasteiger partial charge in [-0.15, -0.1) is 0 Å². The number of carbonyl (C=O) groups is 1. The highest BCUT2D eigenvalue weighted by Crippen LogP contribution is 2.28. The van der Waals surface area contributed by atoms with Crippen LogP contribution in [0, 0.1) is 0 Å². The van der Waals surface area contributed by atoms with Crippen molar-refractivity contribution < 1.29 is 9.53 Å². The zero-order chi connectivity index (χ0) is 13.8. The lowest BCUT2D eigenvalue weighted by molar-refractivity contribution is 0.0818. The SMILES string of the molecule is C[C@H](Oc1ccc(Cl)cc1Cl)C(=O)c1ccccc1. The summed E-state index contributed by atoms with van der Waals surface area (Å²) in [4.78, 5) is 12.1. The van der Waals surface area contributed by atoms with Crippen LogP contribution in [0.4, 0.5) is 0 Å². The van der Waals surface area contributed by atoms with E-state index in [9.17, 15) is 4.79 Å². The predicted molar refractivity (Wildman–Crippen MR) is 77.3 cm³/mol. The van der Waals surface area contributed by atoms with Crippen LogP contribution in [0.25, 0.3) is 0 Å². The molecule has 2 aromatic rings. The van der Waals surface area contributed by atoms with Crippen molar-refractivity contribution in [3.63, 3.8) is 0 Å². The van der Waals surface area contributed by atoms with Crippen LogP contribution in [0.2, 0.25) is 10.0 Å². The maximum absolute atomic E-state index is 12.1. The minimum Gasteiger partial charge on any atom is -0.481 e. The molecule has 0 aliphatic carbocycles. The van der Waals surface area contributed by atoms with Crippen LogP contribution >= 0.6 is 23.2 Å². The summed E-state index contributed by atoms with van der Waals surface area (Å²) in [5.74, 6) is 0.356. The van der Waals surface area contributed by atoms with Crippen molar-refractivity contribution in [1.29, 1.82) is 0 Å². The van der Waals surface area contributed by atoms with Crippen molar-refractivity contribution in [2.24, 2.45) is 0 Å². The van der Waals surface area contributed by atoms with Gasteiger partial charge in [0.05, 0.1) is 5.02 Å². The normalized spacial score (nSPS) is 11.9. The van der Waals surface area contributed by atoms with Gasteiger partial charge in [-0.05, 0) is 25.1 Å². The van der Waals surface area contributed by atoms with Crippen molar-refractivity contribution in [2.45, 2.75) is 13.0 Å². The summed E-state index contributed by atoms with van der Waals surface area (Å²) in [6.07, 6.45) is -0.610. The lowest BCUT2D eigenvalue weighted by atomic mass is 10.1.